The molecule has 0 heterocycles. The fourth-order valence-corrected chi connectivity index (χ4v) is 2.59. The number of likely N-dealkylation sites (N-methyl/N-ethyl adjacent to an activating group) is 1. The summed E-state index contributed by atoms with van der Waals surface area (Å²) in [6.45, 7) is 4.05. The maximum atomic E-state index is 6.01. The van der Waals surface area contributed by atoms with Gasteiger partial charge in [0, 0.05) is 6.04 Å². The van der Waals surface area contributed by atoms with E-state index in [1.807, 2.05) is 0 Å². The van der Waals surface area contributed by atoms with Crippen LogP contribution >= 0.6 is 0 Å². The standard InChI is InChI=1S/C15H23NO/c1-2-16-14-9-6-10-15(14)17-12-11-13-7-4-3-5-8-13/h3-5,7-8,14-16H,2,6,9-12H2,1H3. The summed E-state index contributed by atoms with van der Waals surface area (Å²) in [5.74, 6) is 0. The van der Waals surface area contributed by atoms with Crippen LogP contribution in [0.25, 0.3) is 0 Å². The first-order valence-corrected chi connectivity index (χ1v) is 6.79. The summed E-state index contributed by atoms with van der Waals surface area (Å²) in [6, 6.07) is 11.1. The zero-order valence-corrected chi connectivity index (χ0v) is 10.7. The Balaban J connectivity index is 1.71. The van der Waals surface area contributed by atoms with Crippen molar-refractivity contribution in [3.05, 3.63) is 35.9 Å². The largest absolute Gasteiger partial charge is 0.376 e. The van der Waals surface area contributed by atoms with Crippen LogP contribution in [0.5, 0.6) is 0 Å². The molecule has 2 heteroatoms. The molecule has 0 saturated heterocycles. The minimum absolute atomic E-state index is 0.429. The first-order chi connectivity index (χ1) is 8.40. The highest BCUT2D eigenvalue weighted by Gasteiger charge is 2.26. The molecule has 0 radical (unpaired) electrons. The smallest absolute Gasteiger partial charge is 0.0728 e. The van der Waals surface area contributed by atoms with E-state index in [1.54, 1.807) is 0 Å². The van der Waals surface area contributed by atoms with Gasteiger partial charge >= 0.3 is 0 Å². The normalized spacial score (nSPS) is 24.1. The number of hydrogen-bond acceptors (Lipinski definition) is 2. The quantitative estimate of drug-likeness (QED) is 0.816. The van der Waals surface area contributed by atoms with Crippen LogP contribution in [0.4, 0.5) is 0 Å². The van der Waals surface area contributed by atoms with Crippen LogP contribution in [0.1, 0.15) is 31.7 Å². The third-order valence-electron chi connectivity index (χ3n) is 3.48. The molecular weight excluding hydrogens is 210 g/mol. The highest BCUT2D eigenvalue weighted by Crippen LogP contribution is 2.22. The van der Waals surface area contributed by atoms with Crippen LogP contribution in [0.15, 0.2) is 30.3 Å². The predicted molar refractivity (Wildman–Crippen MR) is 71.2 cm³/mol. The van der Waals surface area contributed by atoms with Gasteiger partial charge in [-0.2, -0.15) is 0 Å². The Morgan fingerprint density at radius 1 is 1.24 bits per heavy atom. The van der Waals surface area contributed by atoms with Gasteiger partial charge in [-0.3, -0.25) is 0 Å². The van der Waals surface area contributed by atoms with E-state index in [0.29, 0.717) is 12.1 Å². The van der Waals surface area contributed by atoms with E-state index in [9.17, 15) is 0 Å². The van der Waals surface area contributed by atoms with Gasteiger partial charge in [0.25, 0.3) is 0 Å². The molecule has 17 heavy (non-hydrogen) atoms. The van der Waals surface area contributed by atoms with E-state index in [2.05, 4.69) is 42.6 Å². The van der Waals surface area contributed by atoms with E-state index in [0.717, 1.165) is 19.6 Å². The average Bonchev–Trinajstić information content (AvgIpc) is 2.79. The van der Waals surface area contributed by atoms with Crippen LogP contribution in [0.2, 0.25) is 0 Å². The van der Waals surface area contributed by atoms with Gasteiger partial charge in [0.15, 0.2) is 0 Å². The van der Waals surface area contributed by atoms with Gasteiger partial charge in [0.1, 0.15) is 0 Å². The van der Waals surface area contributed by atoms with Crippen molar-refractivity contribution in [2.45, 2.75) is 44.8 Å². The van der Waals surface area contributed by atoms with Crippen molar-refractivity contribution in [3.63, 3.8) is 0 Å². The lowest BCUT2D eigenvalue weighted by atomic mass is 10.1. The maximum absolute atomic E-state index is 6.01. The summed E-state index contributed by atoms with van der Waals surface area (Å²) < 4.78 is 6.01. The molecule has 1 aliphatic carbocycles. The van der Waals surface area contributed by atoms with E-state index in [-0.39, 0.29) is 0 Å². The van der Waals surface area contributed by atoms with Crippen molar-refractivity contribution >= 4 is 0 Å². The van der Waals surface area contributed by atoms with Gasteiger partial charge in [-0.25, -0.2) is 0 Å². The molecule has 1 aromatic carbocycles. The molecule has 1 saturated carbocycles. The van der Waals surface area contributed by atoms with Gasteiger partial charge in [0.2, 0.25) is 0 Å². The number of nitrogens with one attached hydrogen (secondary N) is 1. The van der Waals surface area contributed by atoms with Gasteiger partial charge in [-0.15, -0.1) is 0 Å². The zero-order chi connectivity index (χ0) is 11.9. The van der Waals surface area contributed by atoms with E-state index in [4.69, 9.17) is 4.74 Å². The highest BCUT2D eigenvalue weighted by molar-refractivity contribution is 5.14. The SMILES string of the molecule is CCNC1CCCC1OCCc1ccccc1. The second kappa shape index (κ2) is 6.77. The van der Waals surface area contributed by atoms with Gasteiger partial charge in [-0.05, 0) is 37.8 Å². The molecular formula is C15H23NO. The zero-order valence-electron chi connectivity index (χ0n) is 10.7. The molecule has 0 bridgehead atoms. The second-order valence-corrected chi connectivity index (χ2v) is 4.74. The Kier molecular flexibility index (Phi) is 5.02. The molecule has 2 atom stereocenters. The summed E-state index contributed by atoms with van der Waals surface area (Å²) >= 11 is 0. The molecule has 1 fully saturated rings. The fourth-order valence-electron chi connectivity index (χ4n) is 2.59. The van der Waals surface area contributed by atoms with Crippen molar-refractivity contribution in [1.82, 2.24) is 5.32 Å². The fraction of sp³-hybridized carbons (Fsp3) is 0.600. The van der Waals surface area contributed by atoms with Crippen molar-refractivity contribution in [1.29, 1.82) is 0 Å². The first kappa shape index (κ1) is 12.6. The van der Waals surface area contributed by atoms with Gasteiger partial charge in [-0.1, -0.05) is 37.3 Å². The molecule has 1 aliphatic rings. The summed E-state index contributed by atoms with van der Waals surface area (Å²) in [5, 5.41) is 3.52. The molecule has 0 aromatic heterocycles. The molecule has 2 nitrogen and oxygen atoms in total. The Bertz CT molecular complexity index is 312. The molecule has 1 N–H and O–H groups in total. The molecule has 2 unspecified atom stereocenters. The van der Waals surface area contributed by atoms with Crippen LogP contribution in [-0.4, -0.2) is 25.3 Å². The Morgan fingerprint density at radius 3 is 2.82 bits per heavy atom. The molecule has 1 aromatic rings. The summed E-state index contributed by atoms with van der Waals surface area (Å²) in [7, 11) is 0. The number of ether oxygens (including phenoxy) is 1. The van der Waals surface area contributed by atoms with E-state index >= 15 is 0 Å². The Labute approximate surface area is 104 Å². The lowest BCUT2D eigenvalue weighted by Gasteiger charge is -2.20. The predicted octanol–water partition coefficient (Wildman–Crippen LogP) is 2.78. The van der Waals surface area contributed by atoms with Crippen molar-refractivity contribution in [2.24, 2.45) is 0 Å². The minimum Gasteiger partial charge on any atom is -0.376 e. The summed E-state index contributed by atoms with van der Waals surface area (Å²) in [4.78, 5) is 0. The van der Waals surface area contributed by atoms with Gasteiger partial charge in [0.05, 0.1) is 12.7 Å². The third-order valence-corrected chi connectivity index (χ3v) is 3.48. The molecule has 0 spiro atoms. The lowest BCUT2D eigenvalue weighted by molar-refractivity contribution is 0.0423. The second-order valence-electron chi connectivity index (χ2n) is 4.74. The van der Waals surface area contributed by atoms with Crippen molar-refractivity contribution in [2.75, 3.05) is 13.2 Å². The topological polar surface area (TPSA) is 21.3 Å². The Hall–Kier alpha value is -0.860. The Morgan fingerprint density at radius 2 is 2.06 bits per heavy atom. The van der Waals surface area contributed by atoms with Crippen LogP contribution in [0, 0.1) is 0 Å². The third kappa shape index (κ3) is 3.83. The average molecular weight is 233 g/mol. The van der Waals surface area contributed by atoms with Crippen molar-refractivity contribution < 1.29 is 4.74 Å². The number of hydrogen-bond donors (Lipinski definition) is 1. The van der Waals surface area contributed by atoms with Gasteiger partial charge < -0.3 is 10.1 Å². The van der Waals surface area contributed by atoms with Crippen molar-refractivity contribution in [3.8, 4) is 0 Å². The highest BCUT2D eigenvalue weighted by atomic mass is 16.5. The summed E-state index contributed by atoms with van der Waals surface area (Å²) in [6.07, 6.45) is 5.24. The molecule has 0 aliphatic heterocycles. The molecule has 2 rings (SSSR count). The maximum Gasteiger partial charge on any atom is 0.0728 e. The number of rotatable bonds is 6. The van der Waals surface area contributed by atoms with Crippen LogP contribution in [0.3, 0.4) is 0 Å². The summed E-state index contributed by atoms with van der Waals surface area (Å²) in [5.41, 5.74) is 1.37. The van der Waals surface area contributed by atoms with E-state index < -0.39 is 0 Å². The molecule has 0 amide bonds. The minimum atomic E-state index is 0.429. The monoisotopic (exact) mass is 233 g/mol. The first-order valence-electron chi connectivity index (χ1n) is 6.79. The number of benzene rings is 1. The van der Waals surface area contributed by atoms with Crippen LogP contribution in [-0.2, 0) is 11.2 Å². The molecule has 94 valence electrons. The van der Waals surface area contributed by atoms with Crippen LogP contribution < -0.4 is 5.32 Å². The lowest BCUT2D eigenvalue weighted by Crippen LogP contribution is -2.37. The van der Waals surface area contributed by atoms with E-state index in [1.165, 1.54) is 24.8 Å².